The minimum Gasteiger partial charge on any atom is -0.491 e. The first-order valence-electron chi connectivity index (χ1n) is 6.45. The van der Waals surface area contributed by atoms with E-state index in [-0.39, 0.29) is 17.6 Å². The Morgan fingerprint density at radius 1 is 1.35 bits per heavy atom. The van der Waals surface area contributed by atoms with E-state index < -0.39 is 0 Å². The molecule has 2 rings (SSSR count). The molecule has 0 saturated heterocycles. The van der Waals surface area contributed by atoms with Crippen LogP contribution in [-0.4, -0.2) is 17.3 Å². The van der Waals surface area contributed by atoms with Crippen LogP contribution in [0.2, 0.25) is 0 Å². The molecule has 2 nitrogen and oxygen atoms in total. The average Bonchev–Trinajstić information content (AvgIpc) is 2.59. The lowest BCUT2D eigenvalue weighted by molar-refractivity contribution is 0.174. The first-order chi connectivity index (χ1) is 8.01. The van der Waals surface area contributed by atoms with Crippen LogP contribution >= 0.6 is 0 Å². The molecule has 0 amide bonds. The van der Waals surface area contributed by atoms with Gasteiger partial charge in [-0.2, -0.15) is 0 Å². The number of aliphatic hydroxyl groups is 1. The van der Waals surface area contributed by atoms with E-state index in [1.54, 1.807) is 0 Å². The van der Waals surface area contributed by atoms with Gasteiger partial charge in [0.2, 0.25) is 0 Å². The van der Waals surface area contributed by atoms with E-state index in [0.29, 0.717) is 0 Å². The normalized spacial score (nSPS) is 28.6. The van der Waals surface area contributed by atoms with E-state index in [2.05, 4.69) is 19.1 Å². The molecule has 2 heteroatoms. The Hall–Kier alpha value is -1.02. The molecule has 2 unspecified atom stereocenters. The second kappa shape index (κ2) is 4.69. The summed E-state index contributed by atoms with van der Waals surface area (Å²) >= 11 is 0. The molecule has 1 fully saturated rings. The molecule has 0 aliphatic heterocycles. The summed E-state index contributed by atoms with van der Waals surface area (Å²) in [5.74, 6) is 0.971. The molecular formula is C15H22O2. The lowest BCUT2D eigenvalue weighted by Gasteiger charge is -2.27. The van der Waals surface area contributed by atoms with Crippen LogP contribution in [0.15, 0.2) is 24.3 Å². The summed E-state index contributed by atoms with van der Waals surface area (Å²) in [6.07, 6.45) is 2.79. The van der Waals surface area contributed by atoms with Gasteiger partial charge in [-0.05, 0) is 44.6 Å². The summed E-state index contributed by atoms with van der Waals surface area (Å²) < 4.78 is 5.88. The second-order valence-electron chi connectivity index (χ2n) is 5.62. The van der Waals surface area contributed by atoms with Crippen LogP contribution in [0.1, 0.15) is 45.6 Å². The Labute approximate surface area is 104 Å². The second-order valence-corrected chi connectivity index (χ2v) is 5.62. The highest BCUT2D eigenvalue weighted by Crippen LogP contribution is 2.44. The van der Waals surface area contributed by atoms with Gasteiger partial charge in [-0.25, -0.2) is 0 Å². The maximum atomic E-state index is 9.76. The Morgan fingerprint density at radius 2 is 2.06 bits per heavy atom. The summed E-state index contributed by atoms with van der Waals surface area (Å²) in [6, 6.07) is 8.23. The molecule has 1 aliphatic carbocycles. The van der Waals surface area contributed by atoms with E-state index >= 15 is 0 Å². The molecular weight excluding hydrogens is 212 g/mol. The zero-order chi connectivity index (χ0) is 12.5. The molecule has 0 aromatic heterocycles. The van der Waals surface area contributed by atoms with Crippen molar-refractivity contribution in [2.75, 3.05) is 0 Å². The molecule has 1 saturated carbocycles. The van der Waals surface area contributed by atoms with E-state index in [1.165, 1.54) is 5.56 Å². The molecule has 0 heterocycles. The molecule has 0 spiro atoms. The van der Waals surface area contributed by atoms with Gasteiger partial charge in [0.1, 0.15) is 5.75 Å². The Balaban J connectivity index is 2.31. The largest absolute Gasteiger partial charge is 0.491 e. The van der Waals surface area contributed by atoms with E-state index in [0.717, 1.165) is 25.0 Å². The van der Waals surface area contributed by atoms with Gasteiger partial charge in [-0.1, -0.05) is 25.1 Å². The molecule has 1 aliphatic rings. The van der Waals surface area contributed by atoms with Crippen molar-refractivity contribution in [3.05, 3.63) is 29.8 Å². The monoisotopic (exact) mass is 234 g/mol. The predicted octanol–water partition coefficient (Wildman–Crippen LogP) is 3.28. The smallest absolute Gasteiger partial charge is 0.123 e. The fourth-order valence-electron chi connectivity index (χ4n) is 2.78. The molecule has 2 atom stereocenters. The van der Waals surface area contributed by atoms with E-state index in [4.69, 9.17) is 4.74 Å². The lowest BCUT2D eigenvalue weighted by Crippen LogP contribution is -2.21. The third-order valence-corrected chi connectivity index (χ3v) is 3.62. The van der Waals surface area contributed by atoms with Crippen LogP contribution < -0.4 is 4.74 Å². The third-order valence-electron chi connectivity index (χ3n) is 3.62. The molecule has 1 aromatic rings. The van der Waals surface area contributed by atoms with E-state index in [9.17, 15) is 5.11 Å². The number of hydrogen-bond acceptors (Lipinski definition) is 2. The van der Waals surface area contributed by atoms with Crippen molar-refractivity contribution in [1.29, 1.82) is 0 Å². The summed E-state index contributed by atoms with van der Waals surface area (Å²) in [4.78, 5) is 0. The first-order valence-corrected chi connectivity index (χ1v) is 6.45. The third kappa shape index (κ3) is 2.63. The zero-order valence-electron chi connectivity index (χ0n) is 10.9. The molecule has 1 aromatic carbocycles. The number of para-hydroxylation sites is 1. The standard InChI is InChI=1S/C15H22O2/c1-11(2)17-14-7-5-4-6-13(14)15(3)9-8-12(16)10-15/h4-7,11-12,16H,8-10H2,1-3H3. The zero-order valence-corrected chi connectivity index (χ0v) is 10.9. The molecule has 1 N–H and O–H groups in total. The van der Waals surface area contributed by atoms with Gasteiger partial charge in [-0.3, -0.25) is 0 Å². The number of benzene rings is 1. The highest BCUT2D eigenvalue weighted by molar-refractivity contribution is 5.40. The quantitative estimate of drug-likeness (QED) is 0.869. The fourth-order valence-corrected chi connectivity index (χ4v) is 2.78. The van der Waals surface area contributed by atoms with Crippen molar-refractivity contribution in [1.82, 2.24) is 0 Å². The highest BCUT2D eigenvalue weighted by atomic mass is 16.5. The SMILES string of the molecule is CC(C)Oc1ccccc1C1(C)CCC(O)C1. The average molecular weight is 234 g/mol. The predicted molar refractivity (Wildman–Crippen MR) is 69.4 cm³/mol. The van der Waals surface area contributed by atoms with Crippen LogP contribution in [0, 0.1) is 0 Å². The maximum Gasteiger partial charge on any atom is 0.123 e. The van der Waals surface area contributed by atoms with Gasteiger partial charge in [0.05, 0.1) is 12.2 Å². The van der Waals surface area contributed by atoms with Crippen molar-refractivity contribution in [2.24, 2.45) is 0 Å². The summed E-state index contributed by atoms with van der Waals surface area (Å²) in [5, 5.41) is 9.76. The number of rotatable bonds is 3. The summed E-state index contributed by atoms with van der Waals surface area (Å²) in [7, 11) is 0. The van der Waals surface area contributed by atoms with Gasteiger partial charge in [-0.15, -0.1) is 0 Å². The number of aliphatic hydroxyl groups excluding tert-OH is 1. The Morgan fingerprint density at radius 3 is 2.65 bits per heavy atom. The minimum absolute atomic E-state index is 0.0604. The summed E-state index contributed by atoms with van der Waals surface area (Å²) in [5.41, 5.74) is 1.30. The number of hydrogen-bond donors (Lipinski definition) is 1. The maximum absolute atomic E-state index is 9.76. The fraction of sp³-hybridized carbons (Fsp3) is 0.600. The van der Waals surface area contributed by atoms with Gasteiger partial charge in [0.25, 0.3) is 0 Å². The van der Waals surface area contributed by atoms with Crippen LogP contribution in [0.3, 0.4) is 0 Å². The molecule has 0 bridgehead atoms. The lowest BCUT2D eigenvalue weighted by atomic mass is 9.80. The Bertz CT molecular complexity index is 386. The van der Waals surface area contributed by atoms with Crippen molar-refractivity contribution < 1.29 is 9.84 Å². The van der Waals surface area contributed by atoms with Crippen LogP contribution in [-0.2, 0) is 5.41 Å². The van der Waals surface area contributed by atoms with Crippen LogP contribution in [0.25, 0.3) is 0 Å². The summed E-state index contributed by atoms with van der Waals surface area (Å²) in [6.45, 7) is 6.32. The number of ether oxygens (including phenoxy) is 1. The topological polar surface area (TPSA) is 29.5 Å². The highest BCUT2D eigenvalue weighted by Gasteiger charge is 2.37. The van der Waals surface area contributed by atoms with Gasteiger partial charge >= 0.3 is 0 Å². The molecule has 0 radical (unpaired) electrons. The Kier molecular flexibility index (Phi) is 3.43. The first kappa shape index (κ1) is 12.4. The molecule has 94 valence electrons. The van der Waals surface area contributed by atoms with Crippen molar-refractivity contribution >= 4 is 0 Å². The minimum atomic E-state index is -0.160. The van der Waals surface area contributed by atoms with Gasteiger partial charge in [0.15, 0.2) is 0 Å². The van der Waals surface area contributed by atoms with Crippen LogP contribution in [0.5, 0.6) is 5.75 Å². The van der Waals surface area contributed by atoms with Crippen molar-refractivity contribution in [2.45, 2.75) is 57.7 Å². The molecule has 17 heavy (non-hydrogen) atoms. The van der Waals surface area contributed by atoms with E-state index in [1.807, 2.05) is 26.0 Å². The van der Waals surface area contributed by atoms with Gasteiger partial charge < -0.3 is 9.84 Å². The van der Waals surface area contributed by atoms with Crippen molar-refractivity contribution in [3.8, 4) is 5.75 Å². The van der Waals surface area contributed by atoms with Crippen molar-refractivity contribution in [3.63, 3.8) is 0 Å². The van der Waals surface area contributed by atoms with Gasteiger partial charge in [0, 0.05) is 5.56 Å². The van der Waals surface area contributed by atoms with Crippen LogP contribution in [0.4, 0.5) is 0 Å².